The van der Waals surface area contributed by atoms with Crippen LogP contribution in [-0.4, -0.2) is 15.4 Å². The third kappa shape index (κ3) is 2.68. The Bertz CT molecular complexity index is 360. The van der Waals surface area contributed by atoms with Gasteiger partial charge in [-0.2, -0.15) is 0 Å². The maximum Gasteiger partial charge on any atom is 0.190 e. The molecule has 0 spiro atoms. The van der Waals surface area contributed by atoms with Crippen LogP contribution in [-0.2, 0) is 11.1 Å². The molecule has 0 aliphatic carbocycles. The fraction of sp³-hybridized carbons (Fsp3) is 0.200. The quantitative estimate of drug-likeness (QED) is 0.614. The van der Waals surface area contributed by atoms with Crippen molar-refractivity contribution in [1.82, 2.24) is 0 Å². The fourth-order valence-corrected chi connectivity index (χ4v) is 1.50. The minimum atomic E-state index is -2.01. The summed E-state index contributed by atoms with van der Waals surface area (Å²) in [6.45, 7) is 5.73. The smallest absolute Gasteiger partial charge is 0.190 e. The molecule has 1 unspecified atom stereocenters. The Hall–Kier alpha value is -1.13. The van der Waals surface area contributed by atoms with Gasteiger partial charge in [-0.25, -0.2) is 4.21 Å². The van der Waals surface area contributed by atoms with Crippen LogP contribution >= 0.6 is 0 Å². The third-order valence-electron chi connectivity index (χ3n) is 1.64. The highest BCUT2D eigenvalue weighted by Gasteiger charge is 2.08. The van der Waals surface area contributed by atoms with E-state index < -0.39 is 11.1 Å². The zero-order valence-electron chi connectivity index (χ0n) is 7.90. The number of hydrogen-bond donors (Lipinski definition) is 1. The second-order valence-electron chi connectivity index (χ2n) is 2.80. The molecule has 1 aromatic carbocycles. The molecule has 4 heteroatoms. The Labute approximate surface area is 85.7 Å². The molecule has 0 amide bonds. The fourth-order valence-electron chi connectivity index (χ4n) is 1.02. The molecular formula is C10H12O3S. The molecule has 0 radical (unpaired) electrons. The molecular weight excluding hydrogens is 200 g/mol. The molecule has 1 atom stereocenters. The summed E-state index contributed by atoms with van der Waals surface area (Å²) in [4.78, 5) is 0.289. The molecule has 0 fully saturated rings. The Morgan fingerprint density at radius 3 is 2.93 bits per heavy atom. The van der Waals surface area contributed by atoms with Crippen LogP contribution in [0.1, 0.15) is 5.56 Å². The van der Waals surface area contributed by atoms with Crippen molar-refractivity contribution >= 4 is 11.1 Å². The SMILES string of the molecule is C=CCOc1cc(C)ccc1S(=O)O. The highest BCUT2D eigenvalue weighted by molar-refractivity contribution is 7.79. The van der Waals surface area contributed by atoms with E-state index in [1.807, 2.05) is 6.92 Å². The summed E-state index contributed by atoms with van der Waals surface area (Å²) in [6.07, 6.45) is 1.59. The molecule has 1 aromatic rings. The lowest BCUT2D eigenvalue weighted by Crippen LogP contribution is -1.99. The van der Waals surface area contributed by atoms with Gasteiger partial charge < -0.3 is 9.29 Å². The van der Waals surface area contributed by atoms with E-state index in [0.29, 0.717) is 12.4 Å². The van der Waals surface area contributed by atoms with E-state index in [1.165, 1.54) is 0 Å². The molecule has 0 aliphatic heterocycles. The van der Waals surface area contributed by atoms with Crippen molar-refractivity contribution in [3.63, 3.8) is 0 Å². The minimum absolute atomic E-state index is 0.289. The number of benzene rings is 1. The van der Waals surface area contributed by atoms with E-state index in [4.69, 9.17) is 9.29 Å². The van der Waals surface area contributed by atoms with Crippen molar-refractivity contribution in [2.45, 2.75) is 11.8 Å². The molecule has 0 aromatic heterocycles. The van der Waals surface area contributed by atoms with Crippen LogP contribution in [0.2, 0.25) is 0 Å². The first-order valence-electron chi connectivity index (χ1n) is 4.10. The minimum Gasteiger partial charge on any atom is -0.488 e. The summed E-state index contributed by atoms with van der Waals surface area (Å²) in [5.74, 6) is 0.436. The number of rotatable bonds is 4. The van der Waals surface area contributed by atoms with E-state index in [0.717, 1.165) is 5.56 Å². The highest BCUT2D eigenvalue weighted by Crippen LogP contribution is 2.22. The van der Waals surface area contributed by atoms with Gasteiger partial charge >= 0.3 is 0 Å². The third-order valence-corrected chi connectivity index (χ3v) is 2.36. The molecule has 0 bridgehead atoms. The monoisotopic (exact) mass is 212 g/mol. The maximum atomic E-state index is 10.9. The Kier molecular flexibility index (Phi) is 3.85. The second kappa shape index (κ2) is 4.93. The standard InChI is InChI=1S/C10H12O3S/c1-3-6-13-9-7-8(2)4-5-10(9)14(11)12/h3-5,7H,1,6H2,2H3,(H,11,12). The first-order chi connectivity index (χ1) is 6.65. The van der Waals surface area contributed by atoms with Crippen LogP contribution in [0.4, 0.5) is 0 Å². The predicted molar refractivity (Wildman–Crippen MR) is 55.9 cm³/mol. The second-order valence-corrected chi connectivity index (χ2v) is 3.74. The summed E-state index contributed by atoms with van der Waals surface area (Å²) in [5.41, 5.74) is 0.985. The van der Waals surface area contributed by atoms with E-state index in [9.17, 15) is 4.21 Å². The van der Waals surface area contributed by atoms with Crippen LogP contribution in [0, 0.1) is 6.92 Å². The lowest BCUT2D eigenvalue weighted by molar-refractivity contribution is 0.352. The molecule has 0 aliphatic rings. The molecule has 14 heavy (non-hydrogen) atoms. The lowest BCUT2D eigenvalue weighted by Gasteiger charge is -2.07. The van der Waals surface area contributed by atoms with Crippen LogP contribution in [0.25, 0.3) is 0 Å². The number of hydrogen-bond acceptors (Lipinski definition) is 2. The van der Waals surface area contributed by atoms with Gasteiger partial charge in [-0.05, 0) is 24.6 Å². The van der Waals surface area contributed by atoms with Crippen molar-refractivity contribution in [3.05, 3.63) is 36.4 Å². The van der Waals surface area contributed by atoms with Crippen molar-refractivity contribution in [3.8, 4) is 5.75 Å². The van der Waals surface area contributed by atoms with Gasteiger partial charge in [0.25, 0.3) is 0 Å². The Balaban J connectivity index is 3.02. The predicted octanol–water partition coefficient (Wildman–Crippen LogP) is 2.14. The van der Waals surface area contributed by atoms with Crippen molar-refractivity contribution in [1.29, 1.82) is 0 Å². The number of aryl methyl sites for hydroxylation is 1. The largest absolute Gasteiger partial charge is 0.488 e. The molecule has 1 rings (SSSR count). The van der Waals surface area contributed by atoms with Gasteiger partial charge in [0, 0.05) is 0 Å². The average molecular weight is 212 g/mol. The average Bonchev–Trinajstić information content (AvgIpc) is 2.14. The maximum absolute atomic E-state index is 10.9. The summed E-state index contributed by atoms with van der Waals surface area (Å²) >= 11 is -2.01. The number of ether oxygens (including phenoxy) is 1. The van der Waals surface area contributed by atoms with Gasteiger partial charge in [0.05, 0.1) is 0 Å². The van der Waals surface area contributed by atoms with E-state index >= 15 is 0 Å². The molecule has 0 heterocycles. The Morgan fingerprint density at radius 1 is 1.64 bits per heavy atom. The van der Waals surface area contributed by atoms with Gasteiger partial charge in [0.2, 0.25) is 0 Å². The van der Waals surface area contributed by atoms with Crippen LogP contribution in [0.5, 0.6) is 5.75 Å². The normalized spacial score (nSPS) is 12.1. The zero-order chi connectivity index (χ0) is 10.6. The zero-order valence-corrected chi connectivity index (χ0v) is 8.71. The van der Waals surface area contributed by atoms with E-state index in [2.05, 4.69) is 6.58 Å². The molecule has 0 saturated heterocycles. The van der Waals surface area contributed by atoms with Gasteiger partial charge in [-0.1, -0.05) is 18.7 Å². The first kappa shape index (κ1) is 10.9. The molecule has 1 N–H and O–H groups in total. The van der Waals surface area contributed by atoms with Crippen molar-refractivity contribution < 1.29 is 13.5 Å². The van der Waals surface area contributed by atoms with Gasteiger partial charge in [0.1, 0.15) is 17.3 Å². The van der Waals surface area contributed by atoms with Crippen molar-refractivity contribution in [2.24, 2.45) is 0 Å². The van der Waals surface area contributed by atoms with Gasteiger partial charge in [0.15, 0.2) is 11.1 Å². The van der Waals surface area contributed by atoms with Crippen LogP contribution < -0.4 is 4.74 Å². The van der Waals surface area contributed by atoms with E-state index in [1.54, 1.807) is 24.3 Å². The van der Waals surface area contributed by atoms with Gasteiger partial charge in [-0.3, -0.25) is 0 Å². The molecule has 3 nitrogen and oxygen atoms in total. The van der Waals surface area contributed by atoms with Crippen molar-refractivity contribution in [2.75, 3.05) is 6.61 Å². The van der Waals surface area contributed by atoms with E-state index in [-0.39, 0.29) is 4.90 Å². The topological polar surface area (TPSA) is 46.5 Å². The molecule has 0 saturated carbocycles. The summed E-state index contributed by atoms with van der Waals surface area (Å²) < 4.78 is 25.1. The van der Waals surface area contributed by atoms with Crippen LogP contribution in [0.15, 0.2) is 35.7 Å². The lowest BCUT2D eigenvalue weighted by atomic mass is 10.2. The summed E-state index contributed by atoms with van der Waals surface area (Å²) in [5, 5.41) is 0. The van der Waals surface area contributed by atoms with Gasteiger partial charge in [-0.15, -0.1) is 0 Å². The molecule has 76 valence electrons. The summed E-state index contributed by atoms with van der Waals surface area (Å²) in [7, 11) is 0. The highest BCUT2D eigenvalue weighted by atomic mass is 32.2. The van der Waals surface area contributed by atoms with Crippen LogP contribution in [0.3, 0.4) is 0 Å². The summed E-state index contributed by atoms with van der Waals surface area (Å²) in [6, 6.07) is 5.08. The Morgan fingerprint density at radius 2 is 2.36 bits per heavy atom. The first-order valence-corrected chi connectivity index (χ1v) is 5.21.